The fraction of sp³-hybridized carbons (Fsp3) is 0.200. The Bertz CT molecular complexity index is 426. The standard InChI is InChI=1S/C10H11BrN4/c11-9-6-14-15(7-9)10(5-12)8-1-3-13-4-2-8/h1-4,6-7,10H,5,12H2. The van der Waals surface area contributed by atoms with Crippen molar-refractivity contribution in [3.8, 4) is 0 Å². The number of hydrogen-bond donors (Lipinski definition) is 1. The van der Waals surface area contributed by atoms with Gasteiger partial charge in [0.1, 0.15) is 0 Å². The highest BCUT2D eigenvalue weighted by Gasteiger charge is 2.12. The molecule has 0 aliphatic heterocycles. The summed E-state index contributed by atoms with van der Waals surface area (Å²) < 4.78 is 2.80. The highest BCUT2D eigenvalue weighted by atomic mass is 79.9. The van der Waals surface area contributed by atoms with Crippen LogP contribution in [0.15, 0.2) is 41.4 Å². The molecule has 0 bridgehead atoms. The van der Waals surface area contributed by atoms with Gasteiger partial charge in [-0.3, -0.25) is 9.67 Å². The van der Waals surface area contributed by atoms with Crippen LogP contribution in [0.3, 0.4) is 0 Å². The number of nitrogens with two attached hydrogens (primary N) is 1. The summed E-state index contributed by atoms with van der Waals surface area (Å²) in [6.45, 7) is 0.512. The van der Waals surface area contributed by atoms with Crippen molar-refractivity contribution in [2.75, 3.05) is 6.54 Å². The lowest BCUT2D eigenvalue weighted by Gasteiger charge is -2.15. The summed E-state index contributed by atoms with van der Waals surface area (Å²) in [5, 5.41) is 4.23. The Balaban J connectivity index is 2.33. The van der Waals surface area contributed by atoms with Crippen molar-refractivity contribution in [3.63, 3.8) is 0 Å². The summed E-state index contributed by atoms with van der Waals surface area (Å²) >= 11 is 3.37. The van der Waals surface area contributed by atoms with Crippen LogP contribution in [0.25, 0.3) is 0 Å². The van der Waals surface area contributed by atoms with E-state index in [0.29, 0.717) is 6.54 Å². The highest BCUT2D eigenvalue weighted by molar-refractivity contribution is 9.10. The van der Waals surface area contributed by atoms with Crippen LogP contribution < -0.4 is 5.73 Å². The Kier molecular flexibility index (Phi) is 3.13. The van der Waals surface area contributed by atoms with Crippen LogP contribution in [0, 0.1) is 0 Å². The van der Waals surface area contributed by atoms with Gasteiger partial charge in [0.25, 0.3) is 0 Å². The molecule has 0 saturated carbocycles. The van der Waals surface area contributed by atoms with Gasteiger partial charge in [0, 0.05) is 25.1 Å². The Morgan fingerprint density at radius 3 is 2.67 bits per heavy atom. The maximum atomic E-state index is 5.75. The molecule has 2 N–H and O–H groups in total. The summed E-state index contributed by atoms with van der Waals surface area (Å²) in [6.07, 6.45) is 7.19. The predicted octanol–water partition coefficient (Wildman–Crippen LogP) is 1.59. The van der Waals surface area contributed by atoms with E-state index >= 15 is 0 Å². The van der Waals surface area contributed by atoms with Crippen LogP contribution in [-0.2, 0) is 0 Å². The van der Waals surface area contributed by atoms with E-state index in [2.05, 4.69) is 26.0 Å². The molecule has 0 aromatic carbocycles. The van der Waals surface area contributed by atoms with Crippen molar-refractivity contribution >= 4 is 15.9 Å². The quantitative estimate of drug-likeness (QED) is 0.918. The van der Waals surface area contributed by atoms with Gasteiger partial charge in [-0.05, 0) is 33.6 Å². The average molecular weight is 267 g/mol. The van der Waals surface area contributed by atoms with Crippen LogP contribution in [0.5, 0.6) is 0 Å². The van der Waals surface area contributed by atoms with Gasteiger partial charge in [0.2, 0.25) is 0 Å². The molecule has 2 aromatic rings. The average Bonchev–Trinajstić information content (AvgIpc) is 2.68. The first-order chi connectivity index (χ1) is 7.31. The summed E-state index contributed by atoms with van der Waals surface area (Å²) in [5.74, 6) is 0. The first kappa shape index (κ1) is 10.3. The minimum absolute atomic E-state index is 0.0688. The maximum Gasteiger partial charge on any atom is 0.0892 e. The minimum atomic E-state index is 0.0688. The van der Waals surface area contributed by atoms with Crippen LogP contribution in [0.1, 0.15) is 11.6 Å². The lowest BCUT2D eigenvalue weighted by molar-refractivity contribution is 0.531. The van der Waals surface area contributed by atoms with Crippen molar-refractivity contribution in [2.24, 2.45) is 5.73 Å². The molecular formula is C10H11BrN4. The first-order valence-electron chi connectivity index (χ1n) is 4.61. The third kappa shape index (κ3) is 2.24. The molecule has 2 rings (SSSR count). The van der Waals surface area contributed by atoms with E-state index in [1.54, 1.807) is 18.6 Å². The second kappa shape index (κ2) is 4.55. The smallest absolute Gasteiger partial charge is 0.0892 e. The van der Waals surface area contributed by atoms with E-state index in [4.69, 9.17) is 5.73 Å². The van der Waals surface area contributed by atoms with Gasteiger partial charge in [-0.15, -0.1) is 0 Å². The second-order valence-corrected chi connectivity index (χ2v) is 4.09. The Morgan fingerprint density at radius 1 is 1.40 bits per heavy atom. The Morgan fingerprint density at radius 2 is 2.13 bits per heavy atom. The molecule has 0 aliphatic carbocycles. The molecule has 0 fully saturated rings. The lowest BCUT2D eigenvalue weighted by Crippen LogP contribution is -2.20. The van der Waals surface area contributed by atoms with Gasteiger partial charge in [-0.2, -0.15) is 5.10 Å². The molecule has 78 valence electrons. The molecular weight excluding hydrogens is 256 g/mol. The van der Waals surface area contributed by atoms with Crippen LogP contribution in [-0.4, -0.2) is 21.3 Å². The third-order valence-corrected chi connectivity index (χ3v) is 2.61. The summed E-state index contributed by atoms with van der Waals surface area (Å²) in [7, 11) is 0. The first-order valence-corrected chi connectivity index (χ1v) is 5.40. The number of halogens is 1. The van der Waals surface area contributed by atoms with Gasteiger partial charge in [0.05, 0.1) is 16.7 Å². The van der Waals surface area contributed by atoms with Crippen molar-refractivity contribution in [2.45, 2.75) is 6.04 Å². The minimum Gasteiger partial charge on any atom is -0.328 e. The Hall–Kier alpha value is -1.20. The predicted molar refractivity (Wildman–Crippen MR) is 61.4 cm³/mol. The zero-order valence-electron chi connectivity index (χ0n) is 8.05. The molecule has 0 saturated heterocycles. The summed E-state index contributed by atoms with van der Waals surface area (Å²) in [5.41, 5.74) is 6.86. The molecule has 1 unspecified atom stereocenters. The summed E-state index contributed by atoms with van der Waals surface area (Å²) in [6, 6.07) is 3.97. The van der Waals surface area contributed by atoms with E-state index in [1.807, 2.05) is 23.0 Å². The number of pyridine rings is 1. The summed E-state index contributed by atoms with van der Waals surface area (Å²) in [4.78, 5) is 3.98. The Labute approximate surface area is 96.3 Å². The number of hydrogen-bond acceptors (Lipinski definition) is 3. The molecule has 0 spiro atoms. The number of nitrogens with zero attached hydrogens (tertiary/aromatic N) is 3. The second-order valence-electron chi connectivity index (χ2n) is 3.17. The van der Waals surface area contributed by atoms with Crippen molar-refractivity contribution in [1.82, 2.24) is 14.8 Å². The van der Waals surface area contributed by atoms with Crippen LogP contribution in [0.4, 0.5) is 0 Å². The molecule has 2 aromatic heterocycles. The molecule has 4 nitrogen and oxygen atoms in total. The largest absolute Gasteiger partial charge is 0.328 e. The zero-order chi connectivity index (χ0) is 10.7. The fourth-order valence-corrected chi connectivity index (χ4v) is 1.77. The third-order valence-electron chi connectivity index (χ3n) is 2.20. The monoisotopic (exact) mass is 266 g/mol. The number of rotatable bonds is 3. The van der Waals surface area contributed by atoms with E-state index < -0.39 is 0 Å². The SMILES string of the molecule is NCC(c1ccncc1)n1cc(Br)cn1. The van der Waals surface area contributed by atoms with Gasteiger partial charge < -0.3 is 5.73 Å². The molecule has 5 heteroatoms. The van der Waals surface area contributed by atoms with E-state index in [1.165, 1.54) is 0 Å². The van der Waals surface area contributed by atoms with Crippen LogP contribution in [0.2, 0.25) is 0 Å². The molecule has 0 aliphatic rings. The number of aromatic nitrogens is 3. The topological polar surface area (TPSA) is 56.7 Å². The van der Waals surface area contributed by atoms with E-state index in [-0.39, 0.29) is 6.04 Å². The highest BCUT2D eigenvalue weighted by Crippen LogP contribution is 2.17. The van der Waals surface area contributed by atoms with Crippen LogP contribution >= 0.6 is 15.9 Å². The normalized spacial score (nSPS) is 12.7. The maximum absolute atomic E-state index is 5.75. The molecule has 1 atom stereocenters. The van der Waals surface area contributed by atoms with Gasteiger partial charge >= 0.3 is 0 Å². The molecule has 2 heterocycles. The fourth-order valence-electron chi connectivity index (χ4n) is 1.47. The van der Waals surface area contributed by atoms with E-state index in [9.17, 15) is 0 Å². The molecule has 0 radical (unpaired) electrons. The van der Waals surface area contributed by atoms with Crippen molar-refractivity contribution < 1.29 is 0 Å². The zero-order valence-corrected chi connectivity index (χ0v) is 9.63. The molecule has 0 amide bonds. The lowest BCUT2D eigenvalue weighted by atomic mass is 10.1. The van der Waals surface area contributed by atoms with Gasteiger partial charge in [-0.25, -0.2) is 0 Å². The molecule has 15 heavy (non-hydrogen) atoms. The van der Waals surface area contributed by atoms with E-state index in [0.717, 1.165) is 10.0 Å². The van der Waals surface area contributed by atoms with Gasteiger partial charge in [0.15, 0.2) is 0 Å². The van der Waals surface area contributed by atoms with Crippen molar-refractivity contribution in [3.05, 3.63) is 47.0 Å². The van der Waals surface area contributed by atoms with Gasteiger partial charge in [-0.1, -0.05) is 0 Å². The van der Waals surface area contributed by atoms with Crippen molar-refractivity contribution in [1.29, 1.82) is 0 Å².